The van der Waals surface area contributed by atoms with E-state index in [0.29, 0.717) is 6.54 Å². The lowest BCUT2D eigenvalue weighted by Gasteiger charge is -2.09. The number of methoxy groups -OCH3 is 1. The Balaban J connectivity index is 2.22. The molecule has 0 unspecified atom stereocenters. The molecular formula is C13H18N4O. The second-order valence-electron chi connectivity index (χ2n) is 4.14. The van der Waals surface area contributed by atoms with Crippen molar-refractivity contribution in [1.29, 1.82) is 0 Å². The molecule has 5 heteroatoms. The first kappa shape index (κ1) is 12.6. The van der Waals surface area contributed by atoms with Gasteiger partial charge in [0.05, 0.1) is 25.9 Å². The number of aryl methyl sites for hydroxylation is 1. The van der Waals surface area contributed by atoms with Crippen LogP contribution in [0.2, 0.25) is 0 Å². The molecule has 0 bridgehead atoms. The van der Waals surface area contributed by atoms with Crippen molar-refractivity contribution in [3.8, 4) is 5.75 Å². The van der Waals surface area contributed by atoms with Crippen LogP contribution < -0.4 is 10.1 Å². The largest absolute Gasteiger partial charge is 0.497 e. The van der Waals surface area contributed by atoms with Gasteiger partial charge in [-0.2, -0.15) is 0 Å². The summed E-state index contributed by atoms with van der Waals surface area (Å²) in [5.74, 6) is 1.84. The SMILES string of the molecule is CNCc1nccn1Cc1cc(OC)cc(C)n1. The standard InChI is InChI=1S/C13H18N4O/c1-10-6-12(18-3)7-11(16-10)9-17-5-4-15-13(17)8-14-2/h4-7,14H,8-9H2,1-3H3. The van der Waals surface area contributed by atoms with Gasteiger partial charge in [0.15, 0.2) is 0 Å². The molecular weight excluding hydrogens is 228 g/mol. The minimum Gasteiger partial charge on any atom is -0.497 e. The van der Waals surface area contributed by atoms with Crippen LogP contribution in [0.1, 0.15) is 17.2 Å². The van der Waals surface area contributed by atoms with E-state index < -0.39 is 0 Å². The second kappa shape index (κ2) is 5.64. The smallest absolute Gasteiger partial charge is 0.123 e. The highest BCUT2D eigenvalue weighted by atomic mass is 16.5. The normalized spacial score (nSPS) is 10.6. The molecule has 0 aliphatic rings. The van der Waals surface area contributed by atoms with E-state index in [9.17, 15) is 0 Å². The Hall–Kier alpha value is -1.88. The van der Waals surface area contributed by atoms with Crippen molar-refractivity contribution in [3.63, 3.8) is 0 Å². The molecule has 5 nitrogen and oxygen atoms in total. The fourth-order valence-electron chi connectivity index (χ4n) is 1.89. The molecule has 18 heavy (non-hydrogen) atoms. The number of imidazole rings is 1. The number of nitrogens with one attached hydrogen (secondary N) is 1. The Morgan fingerprint density at radius 2 is 2.22 bits per heavy atom. The first-order chi connectivity index (χ1) is 8.72. The predicted molar refractivity (Wildman–Crippen MR) is 69.6 cm³/mol. The molecule has 0 spiro atoms. The lowest BCUT2D eigenvalue weighted by Crippen LogP contribution is -2.13. The molecule has 0 amide bonds. The van der Waals surface area contributed by atoms with Crippen LogP contribution in [0.4, 0.5) is 0 Å². The lowest BCUT2D eigenvalue weighted by atomic mass is 10.3. The zero-order chi connectivity index (χ0) is 13.0. The van der Waals surface area contributed by atoms with Gasteiger partial charge in [-0.05, 0) is 14.0 Å². The Morgan fingerprint density at radius 3 is 2.94 bits per heavy atom. The van der Waals surface area contributed by atoms with E-state index >= 15 is 0 Å². The lowest BCUT2D eigenvalue weighted by molar-refractivity contribution is 0.412. The number of nitrogens with zero attached hydrogens (tertiary/aromatic N) is 3. The summed E-state index contributed by atoms with van der Waals surface area (Å²) in [7, 11) is 3.58. The van der Waals surface area contributed by atoms with Gasteiger partial charge < -0.3 is 14.6 Å². The number of hydrogen-bond acceptors (Lipinski definition) is 4. The molecule has 1 N–H and O–H groups in total. The summed E-state index contributed by atoms with van der Waals surface area (Å²) in [5, 5.41) is 3.10. The van der Waals surface area contributed by atoms with Crippen molar-refractivity contribution in [2.45, 2.75) is 20.0 Å². The molecule has 96 valence electrons. The maximum atomic E-state index is 5.26. The summed E-state index contributed by atoms with van der Waals surface area (Å²) < 4.78 is 7.34. The van der Waals surface area contributed by atoms with Gasteiger partial charge in [-0.15, -0.1) is 0 Å². The first-order valence-electron chi connectivity index (χ1n) is 5.89. The molecule has 0 aliphatic carbocycles. The summed E-state index contributed by atoms with van der Waals surface area (Å²) >= 11 is 0. The van der Waals surface area contributed by atoms with Gasteiger partial charge in [-0.25, -0.2) is 4.98 Å². The van der Waals surface area contributed by atoms with Crippen LogP contribution in [-0.2, 0) is 13.1 Å². The van der Waals surface area contributed by atoms with Gasteiger partial charge in [-0.1, -0.05) is 0 Å². The van der Waals surface area contributed by atoms with Crippen molar-refractivity contribution >= 4 is 0 Å². The fourth-order valence-corrected chi connectivity index (χ4v) is 1.89. The zero-order valence-corrected chi connectivity index (χ0v) is 11.0. The Kier molecular flexibility index (Phi) is 3.94. The van der Waals surface area contributed by atoms with E-state index in [1.165, 1.54) is 0 Å². The van der Waals surface area contributed by atoms with Crippen molar-refractivity contribution in [3.05, 3.63) is 41.7 Å². The van der Waals surface area contributed by atoms with E-state index in [0.717, 1.165) is 29.5 Å². The van der Waals surface area contributed by atoms with E-state index in [1.54, 1.807) is 13.3 Å². The number of rotatable bonds is 5. The second-order valence-corrected chi connectivity index (χ2v) is 4.14. The van der Waals surface area contributed by atoms with Crippen molar-refractivity contribution in [2.24, 2.45) is 0 Å². The highest BCUT2D eigenvalue weighted by Crippen LogP contribution is 2.14. The van der Waals surface area contributed by atoms with Gasteiger partial charge in [0.1, 0.15) is 11.6 Å². The molecule has 2 aromatic rings. The van der Waals surface area contributed by atoms with Crippen molar-refractivity contribution in [1.82, 2.24) is 19.9 Å². The summed E-state index contributed by atoms with van der Waals surface area (Å²) in [5.41, 5.74) is 1.93. The summed E-state index contributed by atoms with van der Waals surface area (Å²) in [6, 6.07) is 3.88. The molecule has 2 rings (SSSR count). The van der Waals surface area contributed by atoms with E-state index in [2.05, 4.69) is 19.9 Å². The third-order valence-corrected chi connectivity index (χ3v) is 2.68. The number of ether oxygens (including phenoxy) is 1. The zero-order valence-electron chi connectivity index (χ0n) is 11.0. The molecule has 2 aromatic heterocycles. The third kappa shape index (κ3) is 2.87. The van der Waals surface area contributed by atoms with Gasteiger partial charge in [0, 0.05) is 30.2 Å². The molecule has 0 radical (unpaired) electrons. The van der Waals surface area contributed by atoms with Crippen LogP contribution in [0.15, 0.2) is 24.5 Å². The highest BCUT2D eigenvalue weighted by molar-refractivity contribution is 5.26. The fraction of sp³-hybridized carbons (Fsp3) is 0.385. The highest BCUT2D eigenvalue weighted by Gasteiger charge is 2.05. The van der Waals surface area contributed by atoms with E-state index in [-0.39, 0.29) is 0 Å². The van der Waals surface area contributed by atoms with E-state index in [4.69, 9.17) is 4.74 Å². The molecule has 0 saturated carbocycles. The topological polar surface area (TPSA) is 52.0 Å². The Bertz CT molecular complexity index is 521. The van der Waals surface area contributed by atoms with Crippen LogP contribution >= 0.6 is 0 Å². The number of pyridine rings is 1. The van der Waals surface area contributed by atoms with Gasteiger partial charge >= 0.3 is 0 Å². The minimum absolute atomic E-state index is 0.703. The monoisotopic (exact) mass is 246 g/mol. The minimum atomic E-state index is 0.703. The van der Waals surface area contributed by atoms with Crippen LogP contribution in [0.5, 0.6) is 5.75 Å². The maximum absolute atomic E-state index is 5.26. The van der Waals surface area contributed by atoms with Crippen LogP contribution in [0, 0.1) is 6.92 Å². The van der Waals surface area contributed by atoms with Crippen molar-refractivity contribution in [2.75, 3.05) is 14.2 Å². The van der Waals surface area contributed by atoms with Crippen LogP contribution in [-0.4, -0.2) is 28.7 Å². The number of aromatic nitrogens is 3. The molecule has 0 aliphatic heterocycles. The van der Waals surface area contributed by atoms with Crippen molar-refractivity contribution < 1.29 is 4.74 Å². The van der Waals surface area contributed by atoms with Crippen LogP contribution in [0.25, 0.3) is 0 Å². The molecule has 2 heterocycles. The molecule has 0 atom stereocenters. The summed E-state index contributed by atoms with van der Waals surface area (Å²) in [6.07, 6.45) is 3.77. The average molecular weight is 246 g/mol. The predicted octanol–water partition coefficient (Wildman–Crippen LogP) is 1.36. The molecule has 0 aromatic carbocycles. The first-order valence-corrected chi connectivity index (χ1v) is 5.89. The molecule has 0 saturated heterocycles. The van der Waals surface area contributed by atoms with E-state index in [1.807, 2.05) is 32.3 Å². The Morgan fingerprint density at radius 1 is 1.39 bits per heavy atom. The maximum Gasteiger partial charge on any atom is 0.123 e. The Labute approximate surface area is 107 Å². The summed E-state index contributed by atoms with van der Waals surface area (Å²) in [6.45, 7) is 3.42. The van der Waals surface area contributed by atoms with Crippen LogP contribution in [0.3, 0.4) is 0 Å². The average Bonchev–Trinajstić information content (AvgIpc) is 2.76. The van der Waals surface area contributed by atoms with Gasteiger partial charge in [0.25, 0.3) is 0 Å². The quantitative estimate of drug-likeness (QED) is 0.865. The third-order valence-electron chi connectivity index (χ3n) is 2.68. The van der Waals surface area contributed by atoms with Gasteiger partial charge in [0.2, 0.25) is 0 Å². The number of hydrogen-bond donors (Lipinski definition) is 1. The summed E-state index contributed by atoms with van der Waals surface area (Å²) in [4.78, 5) is 8.82. The van der Waals surface area contributed by atoms with Gasteiger partial charge in [-0.3, -0.25) is 4.98 Å². The molecule has 0 fully saturated rings.